The molecule has 0 bridgehead atoms. The summed E-state index contributed by atoms with van der Waals surface area (Å²) in [7, 11) is 1.35. The number of carbonyl (C=O) groups excluding carboxylic acids is 1. The smallest absolute Gasteiger partial charge is 0.337 e. The van der Waals surface area contributed by atoms with Crippen LogP contribution in [0.5, 0.6) is 0 Å². The van der Waals surface area contributed by atoms with Crippen LogP contribution in [0.3, 0.4) is 0 Å². The van der Waals surface area contributed by atoms with Gasteiger partial charge >= 0.3 is 5.97 Å². The highest BCUT2D eigenvalue weighted by Crippen LogP contribution is 2.17. The maximum absolute atomic E-state index is 12.1. The lowest BCUT2D eigenvalue weighted by Crippen LogP contribution is -2.23. The lowest BCUT2D eigenvalue weighted by atomic mass is 10.1. The lowest BCUT2D eigenvalue weighted by Gasteiger charge is -2.12. The number of methoxy groups -OCH3 is 1. The third kappa shape index (κ3) is 4.15. The maximum atomic E-state index is 12.1. The molecule has 0 spiro atoms. The second-order valence-electron chi connectivity index (χ2n) is 5.17. The van der Waals surface area contributed by atoms with E-state index < -0.39 is 0 Å². The van der Waals surface area contributed by atoms with Crippen LogP contribution in [0.1, 0.15) is 28.0 Å². The number of hydrogen-bond acceptors (Lipinski definition) is 3. The Balaban J connectivity index is 2.03. The number of aromatic nitrogens is 1. The highest BCUT2D eigenvalue weighted by Gasteiger charge is 2.09. The van der Waals surface area contributed by atoms with Crippen molar-refractivity contribution in [3.63, 3.8) is 0 Å². The number of rotatable bonds is 5. The van der Waals surface area contributed by atoms with E-state index in [4.69, 9.17) is 23.2 Å². The molecule has 0 amide bonds. The third-order valence-electron chi connectivity index (χ3n) is 3.68. The first-order valence-electron chi connectivity index (χ1n) is 7.16. The van der Waals surface area contributed by atoms with Crippen LogP contribution in [0.4, 0.5) is 0 Å². The summed E-state index contributed by atoms with van der Waals surface area (Å²) in [5, 5.41) is 0.611. The average molecular weight is 354 g/mol. The Labute approximate surface area is 144 Å². The minimum absolute atomic E-state index is 0.128. The van der Waals surface area contributed by atoms with E-state index >= 15 is 0 Å². The van der Waals surface area contributed by atoms with Crippen LogP contribution < -0.4 is 5.56 Å². The van der Waals surface area contributed by atoms with Crippen LogP contribution in [-0.4, -0.2) is 17.6 Å². The molecule has 4 nitrogen and oxygen atoms in total. The highest BCUT2D eigenvalue weighted by atomic mass is 35.5. The van der Waals surface area contributed by atoms with Gasteiger partial charge in [-0.1, -0.05) is 35.3 Å². The predicted octanol–water partition coefficient (Wildman–Crippen LogP) is 3.88. The SMILES string of the molecule is COC(=O)c1ccc(CCCn2c(C)c(Cl)cc(Cl)c2=O)cc1. The van der Waals surface area contributed by atoms with Crippen LogP contribution in [0, 0.1) is 6.92 Å². The number of aryl methyl sites for hydroxylation is 1. The van der Waals surface area contributed by atoms with Crippen molar-refractivity contribution in [3.8, 4) is 0 Å². The summed E-state index contributed by atoms with van der Waals surface area (Å²) < 4.78 is 6.25. The highest BCUT2D eigenvalue weighted by molar-refractivity contribution is 6.34. The summed E-state index contributed by atoms with van der Waals surface area (Å²) in [4.78, 5) is 23.4. The minimum Gasteiger partial charge on any atom is -0.465 e. The monoisotopic (exact) mass is 353 g/mol. The summed E-state index contributed by atoms with van der Waals surface area (Å²) in [5.74, 6) is -0.354. The van der Waals surface area contributed by atoms with Crippen LogP contribution in [0.2, 0.25) is 10.0 Å². The zero-order valence-electron chi connectivity index (χ0n) is 12.9. The normalized spacial score (nSPS) is 10.6. The zero-order valence-corrected chi connectivity index (χ0v) is 14.4. The van der Waals surface area contributed by atoms with Gasteiger partial charge in [0.25, 0.3) is 5.56 Å². The molecule has 1 heterocycles. The topological polar surface area (TPSA) is 48.3 Å². The van der Waals surface area contributed by atoms with Gasteiger partial charge in [-0.2, -0.15) is 0 Å². The molecule has 0 aliphatic carbocycles. The van der Waals surface area contributed by atoms with Crippen LogP contribution in [0.15, 0.2) is 35.1 Å². The van der Waals surface area contributed by atoms with Gasteiger partial charge in [0.05, 0.1) is 17.7 Å². The van der Waals surface area contributed by atoms with E-state index in [1.807, 2.05) is 12.1 Å². The van der Waals surface area contributed by atoms with Gasteiger partial charge in [-0.25, -0.2) is 4.79 Å². The molecule has 1 aromatic carbocycles. The van der Waals surface area contributed by atoms with Crippen molar-refractivity contribution in [1.29, 1.82) is 0 Å². The first-order valence-corrected chi connectivity index (χ1v) is 7.92. The molecular weight excluding hydrogens is 337 g/mol. The number of halogens is 2. The molecule has 0 N–H and O–H groups in total. The second-order valence-corrected chi connectivity index (χ2v) is 5.99. The summed E-state index contributed by atoms with van der Waals surface area (Å²) in [5.41, 5.74) is 2.08. The fourth-order valence-corrected chi connectivity index (χ4v) is 2.80. The summed E-state index contributed by atoms with van der Waals surface area (Å²) in [6.45, 7) is 2.33. The molecule has 0 atom stereocenters. The van der Waals surface area contributed by atoms with Crippen LogP contribution >= 0.6 is 23.2 Å². The number of hydrogen-bond donors (Lipinski definition) is 0. The van der Waals surface area contributed by atoms with E-state index in [1.165, 1.54) is 13.2 Å². The molecule has 2 rings (SSSR count). The van der Waals surface area contributed by atoms with Gasteiger partial charge < -0.3 is 9.30 Å². The van der Waals surface area contributed by atoms with Gasteiger partial charge in [0.1, 0.15) is 5.02 Å². The largest absolute Gasteiger partial charge is 0.465 e. The number of ether oxygens (including phenoxy) is 1. The second kappa shape index (κ2) is 7.66. The maximum Gasteiger partial charge on any atom is 0.337 e. The molecular formula is C17H17Cl2NO3. The Morgan fingerprint density at radius 1 is 1.17 bits per heavy atom. The van der Waals surface area contributed by atoms with Gasteiger partial charge in [-0.3, -0.25) is 4.79 Å². The van der Waals surface area contributed by atoms with Gasteiger partial charge in [-0.05, 0) is 43.5 Å². The Bertz CT molecular complexity index is 767. The summed E-state index contributed by atoms with van der Waals surface area (Å²) >= 11 is 11.9. The molecule has 1 aromatic heterocycles. The Kier molecular flexibility index (Phi) is 5.85. The van der Waals surface area contributed by atoms with Crippen molar-refractivity contribution in [3.05, 3.63) is 67.6 Å². The van der Waals surface area contributed by atoms with Crippen molar-refractivity contribution >= 4 is 29.2 Å². The van der Waals surface area contributed by atoms with E-state index in [-0.39, 0.29) is 16.6 Å². The number of esters is 1. The first-order chi connectivity index (χ1) is 10.9. The minimum atomic E-state index is -0.354. The van der Waals surface area contributed by atoms with Crippen LogP contribution in [0.25, 0.3) is 0 Å². The molecule has 0 saturated carbocycles. The van der Waals surface area contributed by atoms with Crippen molar-refractivity contribution in [2.45, 2.75) is 26.3 Å². The Morgan fingerprint density at radius 3 is 2.43 bits per heavy atom. The Hall–Kier alpha value is -1.78. The van der Waals surface area contributed by atoms with Crippen molar-refractivity contribution in [1.82, 2.24) is 4.57 Å². The van der Waals surface area contributed by atoms with Crippen molar-refractivity contribution in [2.75, 3.05) is 7.11 Å². The fourth-order valence-electron chi connectivity index (χ4n) is 2.32. The third-order valence-corrected chi connectivity index (χ3v) is 4.33. The number of nitrogens with zero attached hydrogens (tertiary/aromatic N) is 1. The number of pyridine rings is 1. The first kappa shape index (κ1) is 17.6. The molecule has 6 heteroatoms. The standard InChI is InChI=1S/C17H17Cl2NO3/c1-11-14(18)10-15(19)16(21)20(11)9-3-4-12-5-7-13(8-6-12)17(22)23-2/h5-8,10H,3-4,9H2,1-2H3. The molecule has 0 aliphatic rings. The van der Waals surface area contributed by atoms with Crippen LogP contribution in [-0.2, 0) is 17.7 Å². The molecule has 23 heavy (non-hydrogen) atoms. The van der Waals surface area contributed by atoms with E-state index in [1.54, 1.807) is 23.6 Å². The average Bonchev–Trinajstić information content (AvgIpc) is 2.56. The van der Waals surface area contributed by atoms with Gasteiger partial charge in [0.15, 0.2) is 0 Å². The molecule has 0 fully saturated rings. The Morgan fingerprint density at radius 2 is 1.83 bits per heavy atom. The van der Waals surface area contributed by atoms with Gasteiger partial charge in [-0.15, -0.1) is 0 Å². The molecule has 2 aromatic rings. The molecule has 0 radical (unpaired) electrons. The quantitative estimate of drug-likeness (QED) is 0.766. The fraction of sp³-hybridized carbons (Fsp3) is 0.294. The molecule has 122 valence electrons. The summed E-state index contributed by atoms with van der Waals surface area (Å²) in [6, 6.07) is 8.70. The van der Waals surface area contributed by atoms with Crippen molar-refractivity contribution < 1.29 is 9.53 Å². The van der Waals surface area contributed by atoms with E-state index in [0.29, 0.717) is 22.8 Å². The van der Waals surface area contributed by atoms with E-state index in [2.05, 4.69) is 4.74 Å². The summed E-state index contributed by atoms with van der Waals surface area (Å²) in [6.07, 6.45) is 1.53. The molecule has 0 unspecified atom stereocenters. The molecule has 0 saturated heterocycles. The zero-order chi connectivity index (χ0) is 17.0. The van der Waals surface area contributed by atoms with E-state index in [0.717, 1.165) is 18.4 Å². The number of benzene rings is 1. The molecule has 0 aliphatic heterocycles. The van der Waals surface area contributed by atoms with E-state index in [9.17, 15) is 9.59 Å². The number of carbonyl (C=O) groups is 1. The van der Waals surface area contributed by atoms with Gasteiger partial charge in [0, 0.05) is 12.2 Å². The predicted molar refractivity (Wildman–Crippen MR) is 91.6 cm³/mol. The van der Waals surface area contributed by atoms with Crippen molar-refractivity contribution in [2.24, 2.45) is 0 Å². The lowest BCUT2D eigenvalue weighted by molar-refractivity contribution is 0.0600. The van der Waals surface area contributed by atoms with Gasteiger partial charge in [0.2, 0.25) is 0 Å².